The number of amides is 1. The van der Waals surface area contributed by atoms with Crippen molar-refractivity contribution in [2.24, 2.45) is 0 Å². The number of nitrogens with zero attached hydrogens (tertiary/aromatic N) is 1. The number of aryl methyl sites for hydroxylation is 2. The number of hydrogen-bond donors (Lipinski definition) is 2. The van der Waals surface area contributed by atoms with E-state index in [1.54, 1.807) is 11.3 Å². The molecule has 2 N–H and O–H groups in total. The number of hydrogen-bond acceptors (Lipinski definition) is 5. The molecular weight excluding hydrogens is 296 g/mol. The first-order valence-electron chi connectivity index (χ1n) is 6.01. The van der Waals surface area contributed by atoms with Gasteiger partial charge in [-0.15, -0.1) is 22.7 Å². The number of thiophene rings is 1. The lowest BCUT2D eigenvalue weighted by atomic mass is 10.3. The molecule has 7 heteroatoms. The maximum absolute atomic E-state index is 11.6. The van der Waals surface area contributed by atoms with Crippen LogP contribution in [0.2, 0.25) is 0 Å². The molecule has 2 rings (SSSR count). The highest BCUT2D eigenvalue weighted by Crippen LogP contribution is 2.34. The summed E-state index contributed by atoms with van der Waals surface area (Å²) in [5.41, 5.74) is 0.877. The Kier molecular flexibility index (Phi) is 4.51. The molecule has 0 spiro atoms. The first kappa shape index (κ1) is 14.7. The third-order valence-electron chi connectivity index (χ3n) is 2.58. The highest BCUT2D eigenvalue weighted by atomic mass is 32.1. The van der Waals surface area contributed by atoms with Crippen LogP contribution in [0.15, 0.2) is 12.1 Å². The van der Waals surface area contributed by atoms with Crippen LogP contribution in [-0.4, -0.2) is 22.0 Å². The minimum absolute atomic E-state index is 0.0403. The molecule has 0 aliphatic rings. The number of rotatable bonds is 5. The van der Waals surface area contributed by atoms with Crippen molar-refractivity contribution >= 4 is 39.7 Å². The summed E-state index contributed by atoms with van der Waals surface area (Å²) < 4.78 is 0. The van der Waals surface area contributed by atoms with Crippen LogP contribution in [0.25, 0.3) is 10.6 Å². The molecule has 0 aliphatic heterocycles. The molecule has 5 nitrogen and oxygen atoms in total. The molecule has 2 aromatic heterocycles. The van der Waals surface area contributed by atoms with E-state index in [0.29, 0.717) is 5.13 Å². The smallest absolute Gasteiger partial charge is 0.303 e. The van der Waals surface area contributed by atoms with Crippen LogP contribution in [0.4, 0.5) is 5.13 Å². The maximum Gasteiger partial charge on any atom is 0.303 e. The second kappa shape index (κ2) is 6.15. The van der Waals surface area contributed by atoms with Gasteiger partial charge in [-0.25, -0.2) is 4.98 Å². The Bertz CT molecular complexity index is 646. The molecule has 0 unspecified atom stereocenters. The Balaban J connectivity index is 2.08. The van der Waals surface area contributed by atoms with E-state index in [2.05, 4.69) is 10.3 Å². The van der Waals surface area contributed by atoms with Gasteiger partial charge in [0, 0.05) is 16.2 Å². The molecule has 1 amide bonds. The number of carboxylic acids is 1. The predicted octanol–water partition coefficient (Wildman–Crippen LogP) is 3.29. The molecule has 0 radical (unpaired) electrons. The van der Waals surface area contributed by atoms with Gasteiger partial charge < -0.3 is 10.4 Å². The van der Waals surface area contributed by atoms with E-state index in [-0.39, 0.29) is 18.7 Å². The normalized spacial score (nSPS) is 10.5. The van der Waals surface area contributed by atoms with Crippen LogP contribution >= 0.6 is 22.7 Å². The van der Waals surface area contributed by atoms with Crippen molar-refractivity contribution in [1.29, 1.82) is 0 Å². The number of anilines is 1. The largest absolute Gasteiger partial charge is 0.481 e. The van der Waals surface area contributed by atoms with Gasteiger partial charge in [-0.1, -0.05) is 0 Å². The lowest BCUT2D eigenvalue weighted by molar-refractivity contribution is -0.138. The standard InChI is InChI=1S/C13H14N2O3S2/c1-7-3-4-9(19-7)12-8(2)20-13(15-12)14-10(16)5-6-11(17)18/h3-4H,5-6H2,1-2H3,(H,17,18)(H,14,15,16). The van der Waals surface area contributed by atoms with Crippen molar-refractivity contribution in [2.75, 3.05) is 5.32 Å². The number of aliphatic carboxylic acids is 1. The molecule has 0 atom stereocenters. The molecule has 0 fully saturated rings. The van der Waals surface area contributed by atoms with E-state index < -0.39 is 5.97 Å². The lowest BCUT2D eigenvalue weighted by Crippen LogP contribution is -2.12. The number of carbonyl (C=O) groups is 2. The average Bonchev–Trinajstić information content (AvgIpc) is 2.93. The Labute approximate surface area is 124 Å². The Morgan fingerprint density at radius 3 is 2.60 bits per heavy atom. The van der Waals surface area contributed by atoms with Gasteiger partial charge in [0.1, 0.15) is 0 Å². The van der Waals surface area contributed by atoms with Crippen molar-refractivity contribution in [3.8, 4) is 10.6 Å². The van der Waals surface area contributed by atoms with E-state index in [9.17, 15) is 9.59 Å². The van der Waals surface area contributed by atoms with E-state index >= 15 is 0 Å². The minimum Gasteiger partial charge on any atom is -0.481 e. The van der Waals surface area contributed by atoms with E-state index in [1.807, 2.05) is 26.0 Å². The predicted molar refractivity (Wildman–Crippen MR) is 80.4 cm³/mol. The molecule has 0 saturated heterocycles. The summed E-state index contributed by atoms with van der Waals surface area (Å²) in [7, 11) is 0. The first-order valence-corrected chi connectivity index (χ1v) is 7.65. The molecular formula is C13H14N2O3S2. The van der Waals surface area contributed by atoms with Crippen molar-refractivity contribution in [3.63, 3.8) is 0 Å². The van der Waals surface area contributed by atoms with Gasteiger partial charge in [0.15, 0.2) is 5.13 Å². The Morgan fingerprint density at radius 1 is 1.25 bits per heavy atom. The highest BCUT2D eigenvalue weighted by molar-refractivity contribution is 7.18. The minimum atomic E-state index is -0.981. The SMILES string of the molecule is Cc1ccc(-c2nc(NC(=O)CCC(=O)O)sc2C)s1. The Morgan fingerprint density at radius 2 is 2.00 bits per heavy atom. The van der Waals surface area contributed by atoms with E-state index in [1.165, 1.54) is 16.2 Å². The van der Waals surface area contributed by atoms with Gasteiger partial charge in [-0.3, -0.25) is 9.59 Å². The number of carbonyl (C=O) groups excluding carboxylic acids is 1. The summed E-state index contributed by atoms with van der Waals surface area (Å²) in [6.07, 6.45) is -0.214. The van der Waals surface area contributed by atoms with Crippen LogP contribution < -0.4 is 5.32 Å². The number of thiazole rings is 1. The summed E-state index contributed by atoms with van der Waals surface area (Å²) in [5, 5.41) is 11.7. The van der Waals surface area contributed by atoms with E-state index in [0.717, 1.165) is 15.4 Å². The molecule has 0 aliphatic carbocycles. The number of carboxylic acid groups (broad SMARTS) is 1. The fourth-order valence-electron chi connectivity index (χ4n) is 1.64. The topological polar surface area (TPSA) is 79.3 Å². The first-order chi connectivity index (χ1) is 9.45. The summed E-state index contributed by atoms with van der Waals surface area (Å²) >= 11 is 3.05. The lowest BCUT2D eigenvalue weighted by Gasteiger charge is -1.98. The van der Waals surface area contributed by atoms with Crippen molar-refractivity contribution < 1.29 is 14.7 Å². The van der Waals surface area contributed by atoms with Gasteiger partial charge in [0.05, 0.1) is 17.0 Å². The zero-order valence-electron chi connectivity index (χ0n) is 11.1. The van der Waals surface area contributed by atoms with Gasteiger partial charge >= 0.3 is 5.97 Å². The summed E-state index contributed by atoms with van der Waals surface area (Å²) in [6.45, 7) is 3.99. The fourth-order valence-corrected chi connectivity index (χ4v) is 3.47. The Hall–Kier alpha value is -1.73. The number of nitrogens with one attached hydrogen (secondary N) is 1. The van der Waals surface area contributed by atoms with Crippen molar-refractivity contribution in [3.05, 3.63) is 21.9 Å². The average molecular weight is 310 g/mol. The van der Waals surface area contributed by atoms with Gasteiger partial charge in [-0.2, -0.15) is 0 Å². The third-order valence-corrected chi connectivity index (χ3v) is 4.48. The zero-order chi connectivity index (χ0) is 14.7. The highest BCUT2D eigenvalue weighted by Gasteiger charge is 2.13. The molecule has 0 saturated carbocycles. The maximum atomic E-state index is 11.6. The molecule has 2 aromatic rings. The molecule has 106 valence electrons. The van der Waals surface area contributed by atoms with Crippen molar-refractivity contribution in [2.45, 2.75) is 26.7 Å². The van der Waals surface area contributed by atoms with E-state index in [4.69, 9.17) is 5.11 Å². The summed E-state index contributed by atoms with van der Waals surface area (Å²) in [5.74, 6) is -1.31. The third kappa shape index (κ3) is 3.64. The van der Waals surface area contributed by atoms with Crippen LogP contribution in [0, 0.1) is 13.8 Å². The van der Waals surface area contributed by atoms with Crippen molar-refractivity contribution in [1.82, 2.24) is 4.98 Å². The molecule has 0 aromatic carbocycles. The van der Waals surface area contributed by atoms with Gasteiger partial charge in [0.2, 0.25) is 5.91 Å². The quantitative estimate of drug-likeness (QED) is 0.888. The van der Waals surface area contributed by atoms with Crippen LogP contribution in [0.3, 0.4) is 0 Å². The second-order valence-electron chi connectivity index (χ2n) is 4.28. The molecule has 0 bridgehead atoms. The van der Waals surface area contributed by atoms with Crippen LogP contribution in [0.1, 0.15) is 22.6 Å². The van der Waals surface area contributed by atoms with Crippen LogP contribution in [-0.2, 0) is 9.59 Å². The van der Waals surface area contributed by atoms with Gasteiger partial charge in [-0.05, 0) is 26.0 Å². The zero-order valence-corrected chi connectivity index (χ0v) is 12.7. The fraction of sp³-hybridized carbons (Fsp3) is 0.308. The second-order valence-corrected chi connectivity index (χ2v) is 6.77. The molecule has 2 heterocycles. The monoisotopic (exact) mass is 310 g/mol. The van der Waals surface area contributed by atoms with Crippen LogP contribution in [0.5, 0.6) is 0 Å². The summed E-state index contributed by atoms with van der Waals surface area (Å²) in [4.78, 5) is 29.7. The molecule has 20 heavy (non-hydrogen) atoms. The summed E-state index contributed by atoms with van der Waals surface area (Å²) in [6, 6.07) is 4.04. The van der Waals surface area contributed by atoms with Gasteiger partial charge in [0.25, 0.3) is 0 Å². The number of aromatic nitrogens is 1.